The van der Waals surface area contributed by atoms with Crippen LogP contribution in [-0.4, -0.2) is 44.4 Å². The van der Waals surface area contributed by atoms with Crippen LogP contribution in [0.3, 0.4) is 0 Å². The molecule has 1 unspecified atom stereocenters. The molecule has 1 aliphatic heterocycles. The summed E-state index contributed by atoms with van der Waals surface area (Å²) in [5.41, 5.74) is 0.447. The van der Waals surface area contributed by atoms with Gasteiger partial charge in [-0.05, 0) is 19.8 Å². The number of aromatic nitrogens is 4. The average Bonchev–Trinajstić information content (AvgIpc) is 3.16. The largest absolute Gasteiger partial charge is 0.479 e. The Labute approximate surface area is 121 Å². The summed E-state index contributed by atoms with van der Waals surface area (Å²) >= 11 is 0. The molecule has 0 bridgehead atoms. The molecule has 0 saturated carbocycles. The molecule has 0 N–H and O–H groups in total. The number of carbonyl (C=O) groups is 1. The van der Waals surface area contributed by atoms with Gasteiger partial charge in [-0.25, -0.2) is 0 Å². The number of carbonyl (C=O) groups excluding carboxylic acids is 1. The highest BCUT2D eigenvalue weighted by molar-refractivity contribution is 5.96. The maximum absolute atomic E-state index is 12.7. The van der Waals surface area contributed by atoms with Crippen LogP contribution >= 0.6 is 0 Å². The van der Waals surface area contributed by atoms with Crippen LogP contribution < -0.4 is 4.74 Å². The van der Waals surface area contributed by atoms with Gasteiger partial charge in [0.25, 0.3) is 5.91 Å². The van der Waals surface area contributed by atoms with E-state index in [4.69, 9.17) is 9.26 Å². The second-order valence-electron chi connectivity index (χ2n) is 5.06. The first kappa shape index (κ1) is 13.6. The molecule has 21 heavy (non-hydrogen) atoms. The number of methoxy groups -OCH3 is 1. The fourth-order valence-electron chi connectivity index (χ4n) is 2.64. The molecular weight excluding hydrogens is 274 g/mol. The van der Waals surface area contributed by atoms with Crippen molar-refractivity contribution in [2.24, 2.45) is 7.05 Å². The third-order valence-corrected chi connectivity index (χ3v) is 3.56. The van der Waals surface area contributed by atoms with Crippen LogP contribution in [0.15, 0.2) is 10.7 Å². The molecule has 0 aliphatic carbocycles. The third-order valence-electron chi connectivity index (χ3n) is 3.56. The van der Waals surface area contributed by atoms with Crippen molar-refractivity contribution in [1.82, 2.24) is 24.8 Å². The molecule has 1 aliphatic rings. The lowest BCUT2D eigenvalue weighted by Gasteiger charge is -2.21. The first-order valence-electron chi connectivity index (χ1n) is 6.79. The molecule has 3 rings (SSSR count). The zero-order valence-electron chi connectivity index (χ0n) is 12.2. The van der Waals surface area contributed by atoms with Crippen LogP contribution in [0.4, 0.5) is 0 Å². The smallest absolute Gasteiger partial charge is 0.261 e. The van der Waals surface area contributed by atoms with Crippen LogP contribution in [0.25, 0.3) is 0 Å². The Hall–Kier alpha value is -2.38. The van der Waals surface area contributed by atoms with E-state index in [9.17, 15) is 4.79 Å². The topological polar surface area (TPSA) is 86.3 Å². The normalized spacial score (nSPS) is 18.2. The van der Waals surface area contributed by atoms with E-state index in [0.717, 1.165) is 12.8 Å². The molecule has 3 heterocycles. The van der Waals surface area contributed by atoms with E-state index < -0.39 is 0 Å². The van der Waals surface area contributed by atoms with Crippen molar-refractivity contribution < 1.29 is 14.1 Å². The zero-order chi connectivity index (χ0) is 15.0. The van der Waals surface area contributed by atoms with Crippen molar-refractivity contribution in [2.45, 2.75) is 25.8 Å². The summed E-state index contributed by atoms with van der Waals surface area (Å²) in [5, 5.41) is 7.92. The summed E-state index contributed by atoms with van der Waals surface area (Å²) in [6.45, 7) is 2.42. The maximum Gasteiger partial charge on any atom is 0.261 e. The minimum atomic E-state index is -0.177. The van der Waals surface area contributed by atoms with Gasteiger partial charge in [0.1, 0.15) is 11.6 Å². The summed E-state index contributed by atoms with van der Waals surface area (Å²) in [6.07, 6.45) is 3.38. The second kappa shape index (κ2) is 5.19. The van der Waals surface area contributed by atoms with Gasteiger partial charge in [-0.3, -0.25) is 9.48 Å². The Bertz CT molecular complexity index is 663. The first-order chi connectivity index (χ1) is 10.1. The predicted octanol–water partition coefficient (Wildman–Crippen LogP) is 1.10. The molecule has 2 aromatic rings. The lowest BCUT2D eigenvalue weighted by molar-refractivity contribution is 0.0706. The fraction of sp³-hybridized carbons (Fsp3) is 0.538. The third kappa shape index (κ3) is 2.37. The quantitative estimate of drug-likeness (QED) is 0.841. The van der Waals surface area contributed by atoms with E-state index in [0.29, 0.717) is 29.7 Å². The molecule has 2 aromatic heterocycles. The van der Waals surface area contributed by atoms with E-state index in [2.05, 4.69) is 15.2 Å². The molecule has 0 aromatic carbocycles. The van der Waals surface area contributed by atoms with Gasteiger partial charge < -0.3 is 14.2 Å². The Kier molecular flexibility index (Phi) is 3.36. The molecule has 1 atom stereocenters. The molecule has 0 radical (unpaired) electrons. The van der Waals surface area contributed by atoms with E-state index >= 15 is 0 Å². The number of amides is 1. The van der Waals surface area contributed by atoms with Crippen molar-refractivity contribution in [3.63, 3.8) is 0 Å². The number of hydrogen-bond donors (Lipinski definition) is 0. The van der Waals surface area contributed by atoms with Gasteiger partial charge in [0.05, 0.1) is 7.11 Å². The fourth-order valence-corrected chi connectivity index (χ4v) is 2.64. The Balaban J connectivity index is 1.89. The van der Waals surface area contributed by atoms with Gasteiger partial charge in [0.2, 0.25) is 11.8 Å². The second-order valence-corrected chi connectivity index (χ2v) is 5.06. The zero-order valence-corrected chi connectivity index (χ0v) is 12.2. The van der Waals surface area contributed by atoms with Crippen LogP contribution in [0, 0.1) is 6.92 Å². The Morgan fingerprint density at radius 1 is 1.52 bits per heavy atom. The van der Waals surface area contributed by atoms with Gasteiger partial charge in [0.15, 0.2) is 5.82 Å². The van der Waals surface area contributed by atoms with Crippen LogP contribution in [0.2, 0.25) is 0 Å². The van der Waals surface area contributed by atoms with E-state index in [1.54, 1.807) is 29.7 Å². The lowest BCUT2D eigenvalue weighted by atomic mass is 10.2. The Morgan fingerprint density at radius 2 is 2.33 bits per heavy atom. The minimum Gasteiger partial charge on any atom is -0.479 e. The van der Waals surface area contributed by atoms with Crippen molar-refractivity contribution in [3.05, 3.63) is 23.5 Å². The highest BCUT2D eigenvalue weighted by Crippen LogP contribution is 2.33. The van der Waals surface area contributed by atoms with Crippen LogP contribution in [-0.2, 0) is 7.05 Å². The molecule has 0 spiro atoms. The van der Waals surface area contributed by atoms with Crippen molar-refractivity contribution in [2.75, 3.05) is 13.7 Å². The molecule has 1 amide bonds. The number of nitrogens with zero attached hydrogens (tertiary/aromatic N) is 5. The first-order valence-corrected chi connectivity index (χ1v) is 6.79. The molecule has 8 nitrogen and oxygen atoms in total. The van der Waals surface area contributed by atoms with Crippen molar-refractivity contribution in [1.29, 1.82) is 0 Å². The van der Waals surface area contributed by atoms with Gasteiger partial charge >= 0.3 is 0 Å². The van der Waals surface area contributed by atoms with Crippen LogP contribution in [0.5, 0.6) is 5.88 Å². The summed E-state index contributed by atoms with van der Waals surface area (Å²) in [6, 6.07) is -0.177. The average molecular weight is 291 g/mol. The monoisotopic (exact) mass is 291 g/mol. The lowest BCUT2D eigenvalue weighted by Crippen LogP contribution is -2.30. The summed E-state index contributed by atoms with van der Waals surface area (Å²) in [4.78, 5) is 18.7. The standard InChI is InChI=1S/C13H17N5O3/c1-8-14-12(21-16-8)10-5-4-6-18(10)13(19)9-7-17(2)15-11(9)20-3/h7,10H,4-6H2,1-3H3. The van der Waals surface area contributed by atoms with Gasteiger partial charge in [-0.15, -0.1) is 5.10 Å². The Morgan fingerprint density at radius 3 is 3.00 bits per heavy atom. The summed E-state index contributed by atoms with van der Waals surface area (Å²) in [5.74, 6) is 1.26. The summed E-state index contributed by atoms with van der Waals surface area (Å²) < 4.78 is 11.9. The molecule has 1 fully saturated rings. The SMILES string of the molecule is COc1nn(C)cc1C(=O)N1CCCC1c1nc(C)no1. The molecular formula is C13H17N5O3. The molecule has 1 saturated heterocycles. The number of ether oxygens (including phenoxy) is 1. The number of rotatable bonds is 3. The number of hydrogen-bond acceptors (Lipinski definition) is 6. The van der Waals surface area contributed by atoms with Crippen molar-refractivity contribution in [3.8, 4) is 5.88 Å². The highest BCUT2D eigenvalue weighted by atomic mass is 16.5. The van der Waals surface area contributed by atoms with Gasteiger partial charge in [-0.1, -0.05) is 5.16 Å². The van der Waals surface area contributed by atoms with Crippen LogP contribution in [0.1, 0.15) is 41.0 Å². The number of likely N-dealkylation sites (tertiary alicyclic amines) is 1. The minimum absolute atomic E-state index is 0.127. The van der Waals surface area contributed by atoms with Gasteiger partial charge in [-0.2, -0.15) is 4.98 Å². The molecule has 8 heteroatoms. The van der Waals surface area contributed by atoms with E-state index in [1.165, 1.54) is 7.11 Å². The van der Waals surface area contributed by atoms with Gasteiger partial charge in [0, 0.05) is 19.8 Å². The van der Waals surface area contributed by atoms with E-state index in [1.807, 2.05) is 0 Å². The number of aryl methyl sites for hydroxylation is 2. The predicted molar refractivity (Wildman–Crippen MR) is 71.8 cm³/mol. The van der Waals surface area contributed by atoms with Crippen molar-refractivity contribution >= 4 is 5.91 Å². The highest BCUT2D eigenvalue weighted by Gasteiger charge is 2.36. The summed E-state index contributed by atoms with van der Waals surface area (Å²) in [7, 11) is 3.25. The molecule has 112 valence electrons. The van der Waals surface area contributed by atoms with E-state index in [-0.39, 0.29) is 11.9 Å². The maximum atomic E-state index is 12.7.